The zero-order valence-corrected chi connectivity index (χ0v) is 15.2. The fourth-order valence-corrected chi connectivity index (χ4v) is 2.20. The zero-order chi connectivity index (χ0) is 17.8. The first-order valence-electron chi connectivity index (χ1n) is 8.99. The molecule has 0 atom stereocenters. The van der Waals surface area contributed by atoms with Crippen molar-refractivity contribution in [2.24, 2.45) is 5.92 Å². The summed E-state index contributed by atoms with van der Waals surface area (Å²) in [6.45, 7) is 7.13. The molecule has 0 bridgehead atoms. The first-order chi connectivity index (χ1) is 11.5. The summed E-state index contributed by atoms with van der Waals surface area (Å²) in [6, 6.07) is 6.53. The maximum absolute atomic E-state index is 12.0. The Morgan fingerprint density at radius 3 is 2.08 bits per heavy atom. The van der Waals surface area contributed by atoms with Crippen molar-refractivity contribution in [3.8, 4) is 0 Å². The lowest BCUT2D eigenvalue weighted by Crippen LogP contribution is -2.11. The van der Waals surface area contributed by atoms with Gasteiger partial charge in [-0.1, -0.05) is 52.5 Å². The Balaban J connectivity index is 2.43. The first-order valence-corrected chi connectivity index (χ1v) is 8.99. The van der Waals surface area contributed by atoms with E-state index in [4.69, 9.17) is 9.47 Å². The zero-order valence-electron chi connectivity index (χ0n) is 15.2. The molecule has 0 amide bonds. The predicted octanol–water partition coefficient (Wildman–Crippen LogP) is 5.02. The van der Waals surface area contributed by atoms with Crippen molar-refractivity contribution in [1.29, 1.82) is 0 Å². The van der Waals surface area contributed by atoms with Gasteiger partial charge in [0.15, 0.2) is 0 Å². The Bertz CT molecular complexity index is 508. The van der Waals surface area contributed by atoms with Crippen molar-refractivity contribution in [3.63, 3.8) is 0 Å². The number of hydrogen-bond donors (Lipinski definition) is 0. The van der Waals surface area contributed by atoms with Crippen LogP contribution in [0.15, 0.2) is 24.3 Å². The van der Waals surface area contributed by atoms with E-state index < -0.39 is 5.97 Å². The highest BCUT2D eigenvalue weighted by Crippen LogP contribution is 2.10. The molecule has 1 rings (SSSR count). The van der Waals surface area contributed by atoms with Gasteiger partial charge in [-0.15, -0.1) is 0 Å². The van der Waals surface area contributed by atoms with Gasteiger partial charge in [0.25, 0.3) is 0 Å². The predicted molar refractivity (Wildman–Crippen MR) is 95.2 cm³/mol. The molecule has 1 aromatic carbocycles. The molecule has 0 aliphatic carbocycles. The van der Waals surface area contributed by atoms with Gasteiger partial charge in [0, 0.05) is 0 Å². The maximum atomic E-state index is 12.0. The van der Waals surface area contributed by atoms with E-state index in [1.54, 1.807) is 18.2 Å². The van der Waals surface area contributed by atoms with Gasteiger partial charge in [-0.3, -0.25) is 0 Å². The van der Waals surface area contributed by atoms with Crippen LogP contribution in [0.4, 0.5) is 0 Å². The average Bonchev–Trinajstić information content (AvgIpc) is 2.57. The largest absolute Gasteiger partial charge is 0.462 e. The van der Waals surface area contributed by atoms with Crippen molar-refractivity contribution in [2.45, 2.75) is 59.3 Å². The van der Waals surface area contributed by atoms with E-state index >= 15 is 0 Å². The van der Waals surface area contributed by atoms with E-state index in [0.29, 0.717) is 30.3 Å². The van der Waals surface area contributed by atoms with Crippen molar-refractivity contribution >= 4 is 11.9 Å². The second-order valence-corrected chi connectivity index (χ2v) is 6.45. The molecule has 24 heavy (non-hydrogen) atoms. The Kier molecular flexibility index (Phi) is 9.81. The lowest BCUT2D eigenvalue weighted by molar-refractivity contribution is 0.0488. The molecule has 0 N–H and O–H groups in total. The van der Waals surface area contributed by atoms with E-state index in [0.717, 1.165) is 19.3 Å². The van der Waals surface area contributed by atoms with Crippen LogP contribution in [-0.4, -0.2) is 25.2 Å². The molecule has 0 spiro atoms. The molecule has 0 radical (unpaired) electrons. The molecule has 0 aliphatic heterocycles. The molecule has 0 heterocycles. The van der Waals surface area contributed by atoms with Gasteiger partial charge in [0.2, 0.25) is 0 Å². The molecule has 1 aromatic rings. The quantitative estimate of drug-likeness (QED) is 0.421. The Labute approximate surface area is 145 Å². The molecule has 0 saturated carbocycles. The summed E-state index contributed by atoms with van der Waals surface area (Å²) < 4.78 is 10.5. The fourth-order valence-electron chi connectivity index (χ4n) is 2.20. The van der Waals surface area contributed by atoms with E-state index in [9.17, 15) is 9.59 Å². The lowest BCUT2D eigenvalue weighted by Gasteiger charge is -2.08. The van der Waals surface area contributed by atoms with E-state index in [2.05, 4.69) is 20.8 Å². The standard InChI is InChI=1S/C20H30O4/c1-4-5-6-7-8-13-23-19(21)17-10-9-11-18(15-17)20(22)24-14-12-16(2)3/h9-11,15-16H,4-8,12-14H2,1-3H3. The minimum Gasteiger partial charge on any atom is -0.462 e. The van der Waals surface area contributed by atoms with E-state index in [-0.39, 0.29) is 5.97 Å². The fraction of sp³-hybridized carbons (Fsp3) is 0.600. The molecule has 4 nitrogen and oxygen atoms in total. The summed E-state index contributed by atoms with van der Waals surface area (Å²) in [5.41, 5.74) is 0.776. The van der Waals surface area contributed by atoms with Crippen molar-refractivity contribution in [3.05, 3.63) is 35.4 Å². The highest BCUT2D eigenvalue weighted by molar-refractivity contribution is 5.95. The number of carbonyl (C=O) groups excluding carboxylic acids is 2. The molecule has 0 aliphatic rings. The molecule has 0 unspecified atom stereocenters. The van der Waals surface area contributed by atoms with Crippen molar-refractivity contribution in [1.82, 2.24) is 0 Å². The van der Waals surface area contributed by atoms with Gasteiger partial charge in [0.1, 0.15) is 0 Å². The summed E-state index contributed by atoms with van der Waals surface area (Å²) in [4.78, 5) is 24.0. The van der Waals surface area contributed by atoms with Crippen LogP contribution < -0.4 is 0 Å². The van der Waals surface area contributed by atoms with Crippen LogP contribution in [0.5, 0.6) is 0 Å². The Morgan fingerprint density at radius 2 is 1.50 bits per heavy atom. The Morgan fingerprint density at radius 1 is 0.917 bits per heavy atom. The summed E-state index contributed by atoms with van der Waals surface area (Å²) in [7, 11) is 0. The summed E-state index contributed by atoms with van der Waals surface area (Å²) in [6.07, 6.45) is 6.36. The van der Waals surface area contributed by atoms with Crippen LogP contribution in [0.2, 0.25) is 0 Å². The highest BCUT2D eigenvalue weighted by Gasteiger charge is 2.12. The topological polar surface area (TPSA) is 52.6 Å². The third kappa shape index (κ3) is 8.14. The third-order valence-electron chi connectivity index (χ3n) is 3.74. The molecular formula is C20H30O4. The normalized spacial score (nSPS) is 10.7. The van der Waals surface area contributed by atoms with Gasteiger partial charge in [-0.25, -0.2) is 9.59 Å². The molecular weight excluding hydrogens is 304 g/mol. The molecule has 0 aromatic heterocycles. The van der Waals surface area contributed by atoms with Crippen LogP contribution in [0.25, 0.3) is 0 Å². The summed E-state index contributed by atoms with van der Waals surface area (Å²) in [5, 5.41) is 0. The number of rotatable bonds is 11. The Hall–Kier alpha value is -1.84. The number of benzene rings is 1. The number of ether oxygens (including phenoxy) is 2. The molecule has 134 valence electrons. The molecule has 0 fully saturated rings. The second-order valence-electron chi connectivity index (χ2n) is 6.45. The van der Waals surface area contributed by atoms with Gasteiger partial charge in [0.05, 0.1) is 24.3 Å². The van der Waals surface area contributed by atoms with E-state index in [1.165, 1.54) is 25.3 Å². The average molecular weight is 334 g/mol. The van der Waals surface area contributed by atoms with Gasteiger partial charge in [-0.2, -0.15) is 0 Å². The van der Waals surface area contributed by atoms with Crippen LogP contribution in [0, 0.1) is 5.92 Å². The lowest BCUT2D eigenvalue weighted by atomic mass is 10.1. The summed E-state index contributed by atoms with van der Waals surface area (Å²) >= 11 is 0. The number of esters is 2. The van der Waals surface area contributed by atoms with Crippen LogP contribution in [0.3, 0.4) is 0 Å². The van der Waals surface area contributed by atoms with Crippen LogP contribution in [-0.2, 0) is 9.47 Å². The SMILES string of the molecule is CCCCCCCOC(=O)c1cccc(C(=O)OCCC(C)C)c1. The molecule has 4 heteroatoms. The maximum Gasteiger partial charge on any atom is 0.338 e. The van der Waals surface area contributed by atoms with Gasteiger partial charge >= 0.3 is 11.9 Å². The van der Waals surface area contributed by atoms with Crippen molar-refractivity contribution in [2.75, 3.05) is 13.2 Å². The minimum atomic E-state index is -0.398. The summed E-state index contributed by atoms with van der Waals surface area (Å²) in [5.74, 6) is -0.302. The monoisotopic (exact) mass is 334 g/mol. The van der Waals surface area contributed by atoms with Crippen LogP contribution >= 0.6 is 0 Å². The number of hydrogen-bond acceptors (Lipinski definition) is 4. The second kappa shape index (κ2) is 11.7. The number of unbranched alkanes of at least 4 members (excludes halogenated alkanes) is 4. The van der Waals surface area contributed by atoms with Crippen molar-refractivity contribution < 1.29 is 19.1 Å². The highest BCUT2D eigenvalue weighted by atomic mass is 16.5. The molecule has 0 saturated heterocycles. The van der Waals surface area contributed by atoms with Gasteiger partial charge in [-0.05, 0) is 37.0 Å². The van der Waals surface area contributed by atoms with Crippen LogP contribution in [0.1, 0.15) is 80.0 Å². The van der Waals surface area contributed by atoms with E-state index in [1.807, 2.05) is 0 Å². The number of carbonyl (C=O) groups is 2. The third-order valence-corrected chi connectivity index (χ3v) is 3.74. The minimum absolute atomic E-state index is 0.385. The first kappa shape index (κ1) is 20.2. The van der Waals surface area contributed by atoms with Gasteiger partial charge < -0.3 is 9.47 Å². The smallest absolute Gasteiger partial charge is 0.338 e.